The molecule has 2 N–H and O–H groups in total. The Morgan fingerprint density at radius 2 is 1.55 bits per heavy atom. The molecule has 1 heterocycles. The topological polar surface area (TPSA) is 100 Å². The number of hydrogen-bond acceptors (Lipinski definition) is 6. The van der Waals surface area contributed by atoms with Crippen LogP contribution in [0.4, 0.5) is 4.79 Å². The maximum Gasteiger partial charge on any atom is 0.407 e. The van der Waals surface area contributed by atoms with Crippen LogP contribution in [0, 0.1) is 10.8 Å². The van der Waals surface area contributed by atoms with E-state index in [1.807, 2.05) is 30.3 Å². The molecule has 2 rings (SSSR count). The van der Waals surface area contributed by atoms with Crippen molar-refractivity contribution in [3.05, 3.63) is 35.9 Å². The molecule has 0 saturated heterocycles. The van der Waals surface area contributed by atoms with Crippen molar-refractivity contribution in [3.8, 4) is 0 Å². The van der Waals surface area contributed by atoms with Crippen LogP contribution in [-0.4, -0.2) is 40.2 Å². The predicted octanol–water partition coefficient (Wildman–Crippen LogP) is 4.42. The van der Waals surface area contributed by atoms with Crippen molar-refractivity contribution in [1.29, 1.82) is 0 Å². The van der Waals surface area contributed by atoms with Crippen LogP contribution in [0.15, 0.2) is 35.4 Å². The Balaban J connectivity index is 2.51. The van der Waals surface area contributed by atoms with E-state index in [1.54, 1.807) is 62.3 Å². The summed E-state index contributed by atoms with van der Waals surface area (Å²) in [7, 11) is 0. The van der Waals surface area contributed by atoms with E-state index in [-0.39, 0.29) is 18.4 Å². The molecular formula is C24H36N4O4S. The minimum Gasteiger partial charge on any atom is -0.444 e. The molecule has 0 unspecified atom stereocenters. The summed E-state index contributed by atoms with van der Waals surface area (Å²) in [4.78, 5) is 37.6. The highest BCUT2D eigenvalue weighted by molar-refractivity contribution is 8.14. The third-order valence-corrected chi connectivity index (χ3v) is 5.90. The number of benzene rings is 1. The molecule has 1 aromatic rings. The number of carbonyl (C=O) groups is 3. The van der Waals surface area contributed by atoms with Gasteiger partial charge in [0.1, 0.15) is 5.60 Å². The maximum atomic E-state index is 13.5. The summed E-state index contributed by atoms with van der Waals surface area (Å²) in [6, 6.07) is 9.33. The highest BCUT2D eigenvalue weighted by Crippen LogP contribution is 2.46. The zero-order valence-corrected chi connectivity index (χ0v) is 21.8. The molecule has 1 aromatic carbocycles. The molecule has 8 nitrogen and oxygen atoms in total. The number of ether oxygens (including phenoxy) is 1. The number of nitrogens with zero attached hydrogens (tertiary/aromatic N) is 2. The van der Waals surface area contributed by atoms with Gasteiger partial charge in [-0.15, -0.1) is 5.10 Å². The van der Waals surface area contributed by atoms with Crippen LogP contribution < -0.4 is 10.6 Å². The summed E-state index contributed by atoms with van der Waals surface area (Å²) in [6.45, 7) is 16.2. The van der Waals surface area contributed by atoms with E-state index in [2.05, 4.69) is 15.7 Å². The van der Waals surface area contributed by atoms with Gasteiger partial charge in [0.05, 0.1) is 6.54 Å². The van der Waals surface area contributed by atoms with E-state index >= 15 is 0 Å². The lowest BCUT2D eigenvalue weighted by Gasteiger charge is -2.38. The highest BCUT2D eigenvalue weighted by atomic mass is 32.2. The van der Waals surface area contributed by atoms with Gasteiger partial charge in [-0.3, -0.25) is 9.59 Å². The van der Waals surface area contributed by atoms with Gasteiger partial charge in [0.25, 0.3) is 0 Å². The highest BCUT2D eigenvalue weighted by Gasteiger charge is 2.51. The van der Waals surface area contributed by atoms with E-state index in [4.69, 9.17) is 4.74 Å². The average molecular weight is 477 g/mol. The van der Waals surface area contributed by atoms with Crippen molar-refractivity contribution in [2.24, 2.45) is 15.9 Å². The quantitative estimate of drug-likeness (QED) is 0.673. The predicted molar refractivity (Wildman–Crippen MR) is 131 cm³/mol. The van der Waals surface area contributed by atoms with Crippen LogP contribution >= 0.6 is 11.8 Å². The lowest BCUT2D eigenvalue weighted by molar-refractivity contribution is -0.143. The number of carbonyl (C=O) groups excluding carboxylic acids is 3. The SMILES string of the molecule is CC(C)(C)OC(=O)NC[C@@]1(c2ccccc2)SC(NC(=O)C(C)(C)C)=NN1C(=O)C(C)(C)C. The minimum absolute atomic E-state index is 0.0246. The second-order valence-electron chi connectivity index (χ2n) is 11.1. The molecule has 0 bridgehead atoms. The van der Waals surface area contributed by atoms with Gasteiger partial charge in [-0.2, -0.15) is 0 Å². The van der Waals surface area contributed by atoms with Crippen LogP contribution in [0.25, 0.3) is 0 Å². The van der Waals surface area contributed by atoms with Gasteiger partial charge in [-0.25, -0.2) is 9.80 Å². The van der Waals surface area contributed by atoms with Crippen molar-refractivity contribution in [1.82, 2.24) is 15.6 Å². The van der Waals surface area contributed by atoms with Crippen LogP contribution in [0.3, 0.4) is 0 Å². The van der Waals surface area contributed by atoms with Gasteiger partial charge in [0, 0.05) is 10.8 Å². The Hall–Kier alpha value is -2.55. The van der Waals surface area contributed by atoms with Gasteiger partial charge >= 0.3 is 6.09 Å². The number of hydrazone groups is 1. The first kappa shape index (κ1) is 26.7. The third kappa shape index (κ3) is 6.72. The fraction of sp³-hybridized carbons (Fsp3) is 0.583. The van der Waals surface area contributed by atoms with Crippen molar-refractivity contribution < 1.29 is 19.1 Å². The lowest BCUT2D eigenvalue weighted by atomic mass is 9.93. The normalized spacial score (nSPS) is 19.1. The second-order valence-corrected chi connectivity index (χ2v) is 12.4. The molecule has 182 valence electrons. The fourth-order valence-electron chi connectivity index (χ4n) is 2.86. The Bertz CT molecular complexity index is 927. The molecular weight excluding hydrogens is 440 g/mol. The van der Waals surface area contributed by atoms with E-state index in [9.17, 15) is 14.4 Å². The third-order valence-electron chi connectivity index (χ3n) is 4.63. The van der Waals surface area contributed by atoms with E-state index < -0.39 is 27.4 Å². The molecule has 0 aliphatic carbocycles. The van der Waals surface area contributed by atoms with Crippen molar-refractivity contribution in [3.63, 3.8) is 0 Å². The monoisotopic (exact) mass is 476 g/mol. The molecule has 0 radical (unpaired) electrons. The number of hydrogen-bond donors (Lipinski definition) is 2. The summed E-state index contributed by atoms with van der Waals surface area (Å²) < 4.78 is 5.41. The number of alkyl carbamates (subject to hydrolysis) is 1. The Morgan fingerprint density at radius 1 is 0.970 bits per heavy atom. The molecule has 0 spiro atoms. The van der Waals surface area contributed by atoms with Crippen LogP contribution in [0.2, 0.25) is 0 Å². The summed E-state index contributed by atoms with van der Waals surface area (Å²) in [5, 5.41) is 11.8. The molecule has 1 atom stereocenters. The van der Waals surface area contributed by atoms with Crippen LogP contribution in [0.5, 0.6) is 0 Å². The van der Waals surface area contributed by atoms with Crippen LogP contribution in [0.1, 0.15) is 67.9 Å². The molecule has 1 aliphatic heterocycles. The minimum atomic E-state index is -1.11. The zero-order valence-electron chi connectivity index (χ0n) is 21.0. The number of rotatable bonds is 3. The van der Waals surface area contributed by atoms with Crippen molar-refractivity contribution in [2.75, 3.05) is 6.54 Å². The number of nitrogens with one attached hydrogen (secondary N) is 2. The van der Waals surface area contributed by atoms with E-state index in [0.29, 0.717) is 5.17 Å². The van der Waals surface area contributed by atoms with Gasteiger partial charge in [0.2, 0.25) is 11.8 Å². The molecule has 0 fully saturated rings. The first-order valence-corrected chi connectivity index (χ1v) is 11.7. The Kier molecular flexibility index (Phi) is 7.58. The van der Waals surface area contributed by atoms with Gasteiger partial charge < -0.3 is 15.4 Å². The fourth-order valence-corrected chi connectivity index (χ4v) is 4.05. The number of amidine groups is 1. The van der Waals surface area contributed by atoms with Gasteiger partial charge in [0.15, 0.2) is 10.0 Å². The summed E-state index contributed by atoms with van der Waals surface area (Å²) in [6.07, 6.45) is -0.603. The molecule has 3 amide bonds. The standard InChI is InChI=1S/C24H36N4O4S/c1-21(2,3)17(29)26-19-27-28(18(30)22(4,5)6)24(33-19,16-13-11-10-12-14-16)15-25-20(31)32-23(7,8)9/h10-14H,15H2,1-9H3,(H,25,31)(H,26,27,29)/t24-/m0/s1. The van der Waals surface area contributed by atoms with Gasteiger partial charge in [-0.1, -0.05) is 71.9 Å². The first-order chi connectivity index (χ1) is 15.0. The number of amides is 3. The Morgan fingerprint density at radius 3 is 2.03 bits per heavy atom. The molecule has 0 aromatic heterocycles. The Labute approximate surface area is 200 Å². The summed E-state index contributed by atoms with van der Waals surface area (Å²) in [5.41, 5.74) is -1.31. The lowest BCUT2D eigenvalue weighted by Crippen LogP contribution is -2.52. The molecule has 0 saturated carbocycles. The van der Waals surface area contributed by atoms with E-state index in [1.165, 1.54) is 16.8 Å². The smallest absolute Gasteiger partial charge is 0.407 e. The molecule has 1 aliphatic rings. The van der Waals surface area contributed by atoms with Crippen molar-refractivity contribution >= 4 is 34.8 Å². The maximum absolute atomic E-state index is 13.5. The molecule has 33 heavy (non-hydrogen) atoms. The zero-order chi connectivity index (χ0) is 25.2. The second kappa shape index (κ2) is 9.37. The first-order valence-electron chi connectivity index (χ1n) is 10.9. The van der Waals surface area contributed by atoms with E-state index in [0.717, 1.165) is 5.56 Å². The van der Waals surface area contributed by atoms with Crippen molar-refractivity contribution in [2.45, 2.75) is 72.8 Å². The molecule has 9 heteroatoms. The largest absolute Gasteiger partial charge is 0.444 e. The average Bonchev–Trinajstić information content (AvgIpc) is 3.03. The number of thioether (sulfide) groups is 1. The summed E-state index contributed by atoms with van der Waals surface area (Å²) >= 11 is 1.22. The summed E-state index contributed by atoms with van der Waals surface area (Å²) in [5.74, 6) is -0.467. The van der Waals surface area contributed by atoms with Gasteiger partial charge in [-0.05, 0) is 38.1 Å². The van der Waals surface area contributed by atoms with Crippen LogP contribution in [-0.2, 0) is 19.2 Å².